The van der Waals surface area contributed by atoms with Crippen molar-refractivity contribution in [3.63, 3.8) is 0 Å². The third kappa shape index (κ3) is 4.07. The van der Waals surface area contributed by atoms with Crippen molar-refractivity contribution in [3.8, 4) is 0 Å². The Morgan fingerprint density at radius 1 is 1.29 bits per heavy atom. The van der Waals surface area contributed by atoms with Gasteiger partial charge in [0.15, 0.2) is 0 Å². The average molecular weight is 326 g/mol. The van der Waals surface area contributed by atoms with Crippen LogP contribution in [0.3, 0.4) is 0 Å². The highest BCUT2D eigenvalue weighted by molar-refractivity contribution is 5.76. The van der Waals surface area contributed by atoms with Crippen molar-refractivity contribution in [2.75, 3.05) is 13.1 Å². The molecule has 1 amide bonds. The Balaban J connectivity index is 1.62. The number of rotatable bonds is 4. The molecule has 3 heterocycles. The Kier molecular flexibility index (Phi) is 5.03. The van der Waals surface area contributed by atoms with E-state index in [4.69, 9.17) is 0 Å². The standard InChI is InChI=1S/C18H22N4O2/c1-14-7-8-17(23)22(20-14)13-18(24)21-10-4-5-15(12-21)11-16-6-2-3-9-19-16/h2-3,6-9,15H,4-5,10-13H2,1H3/t15-/m1/s1. The molecule has 6 heteroatoms. The topological polar surface area (TPSA) is 68.1 Å². The largest absolute Gasteiger partial charge is 0.341 e. The summed E-state index contributed by atoms with van der Waals surface area (Å²) in [5, 5.41) is 4.14. The second-order valence-corrected chi connectivity index (χ2v) is 6.34. The minimum absolute atomic E-state index is 0.0107. The minimum atomic E-state index is -0.240. The second-order valence-electron chi connectivity index (χ2n) is 6.34. The van der Waals surface area contributed by atoms with Crippen molar-refractivity contribution in [1.82, 2.24) is 19.7 Å². The van der Waals surface area contributed by atoms with Crippen LogP contribution in [0.25, 0.3) is 0 Å². The van der Waals surface area contributed by atoms with Crippen LogP contribution in [0.4, 0.5) is 0 Å². The molecule has 0 spiro atoms. The van der Waals surface area contributed by atoms with Gasteiger partial charge in [-0.25, -0.2) is 4.68 Å². The Bertz CT molecular complexity index is 757. The molecule has 6 nitrogen and oxygen atoms in total. The molecule has 0 aromatic carbocycles. The van der Waals surface area contributed by atoms with E-state index >= 15 is 0 Å². The van der Waals surface area contributed by atoms with Crippen LogP contribution in [0.15, 0.2) is 41.3 Å². The van der Waals surface area contributed by atoms with Crippen LogP contribution in [0, 0.1) is 12.8 Å². The molecule has 24 heavy (non-hydrogen) atoms. The van der Waals surface area contributed by atoms with Crippen LogP contribution in [0.5, 0.6) is 0 Å². The SMILES string of the molecule is Cc1ccc(=O)n(CC(=O)N2CCC[C@H](Cc3ccccn3)C2)n1. The maximum Gasteiger partial charge on any atom is 0.267 e. The predicted molar refractivity (Wildman–Crippen MR) is 90.5 cm³/mol. The number of pyridine rings is 1. The summed E-state index contributed by atoms with van der Waals surface area (Å²) in [6.45, 7) is 3.29. The third-order valence-corrected chi connectivity index (χ3v) is 4.38. The van der Waals surface area contributed by atoms with E-state index in [-0.39, 0.29) is 18.0 Å². The molecule has 0 saturated carbocycles. The van der Waals surface area contributed by atoms with Crippen LogP contribution in [-0.2, 0) is 17.8 Å². The molecule has 126 valence electrons. The van der Waals surface area contributed by atoms with Crippen molar-refractivity contribution in [1.29, 1.82) is 0 Å². The lowest BCUT2D eigenvalue weighted by Gasteiger charge is -2.32. The van der Waals surface area contributed by atoms with Crippen molar-refractivity contribution in [3.05, 3.63) is 58.3 Å². The fourth-order valence-corrected chi connectivity index (χ4v) is 3.17. The van der Waals surface area contributed by atoms with Gasteiger partial charge < -0.3 is 4.90 Å². The zero-order chi connectivity index (χ0) is 16.9. The summed E-state index contributed by atoms with van der Waals surface area (Å²) in [5.41, 5.74) is 1.55. The van der Waals surface area contributed by atoms with Gasteiger partial charge in [-0.2, -0.15) is 5.10 Å². The Morgan fingerprint density at radius 3 is 2.96 bits per heavy atom. The van der Waals surface area contributed by atoms with E-state index in [0.717, 1.165) is 43.7 Å². The summed E-state index contributed by atoms with van der Waals surface area (Å²) >= 11 is 0. The van der Waals surface area contributed by atoms with Crippen LogP contribution >= 0.6 is 0 Å². The Hall–Kier alpha value is -2.50. The second kappa shape index (κ2) is 7.38. The van der Waals surface area contributed by atoms with Gasteiger partial charge in [0.25, 0.3) is 5.56 Å². The monoisotopic (exact) mass is 326 g/mol. The molecule has 0 bridgehead atoms. The number of hydrogen-bond acceptors (Lipinski definition) is 4. The molecule has 1 aliphatic rings. The van der Waals surface area contributed by atoms with E-state index in [1.807, 2.05) is 30.0 Å². The van der Waals surface area contributed by atoms with Gasteiger partial charge in [0.05, 0.1) is 5.69 Å². The molecule has 0 N–H and O–H groups in total. The van der Waals surface area contributed by atoms with Crippen LogP contribution < -0.4 is 5.56 Å². The number of likely N-dealkylation sites (tertiary alicyclic amines) is 1. The quantitative estimate of drug-likeness (QED) is 0.852. The zero-order valence-electron chi connectivity index (χ0n) is 13.9. The smallest absolute Gasteiger partial charge is 0.267 e. The summed E-state index contributed by atoms with van der Waals surface area (Å²) in [6, 6.07) is 9.04. The number of hydrogen-bond donors (Lipinski definition) is 0. The van der Waals surface area contributed by atoms with Gasteiger partial charge >= 0.3 is 0 Å². The number of aryl methyl sites for hydroxylation is 1. The lowest BCUT2D eigenvalue weighted by molar-refractivity contribution is -0.133. The predicted octanol–water partition coefficient (Wildman–Crippen LogP) is 1.43. The van der Waals surface area contributed by atoms with Crippen molar-refractivity contribution >= 4 is 5.91 Å². The maximum absolute atomic E-state index is 12.5. The highest BCUT2D eigenvalue weighted by Crippen LogP contribution is 2.20. The number of amides is 1. The van der Waals surface area contributed by atoms with Crippen LogP contribution in [0.2, 0.25) is 0 Å². The highest BCUT2D eigenvalue weighted by Gasteiger charge is 2.24. The normalized spacial score (nSPS) is 17.7. The molecule has 1 aliphatic heterocycles. The summed E-state index contributed by atoms with van der Waals surface area (Å²) in [5.74, 6) is 0.376. The van der Waals surface area contributed by atoms with E-state index in [1.165, 1.54) is 10.7 Å². The molecule has 1 atom stereocenters. The number of piperidine rings is 1. The molecule has 2 aromatic heterocycles. The number of carbonyl (C=O) groups excluding carboxylic acids is 1. The van der Waals surface area contributed by atoms with E-state index in [1.54, 1.807) is 12.3 Å². The maximum atomic E-state index is 12.5. The van der Waals surface area contributed by atoms with Crippen LogP contribution in [0.1, 0.15) is 24.2 Å². The number of aromatic nitrogens is 3. The van der Waals surface area contributed by atoms with Gasteiger partial charge in [0.1, 0.15) is 6.54 Å². The first-order valence-corrected chi connectivity index (χ1v) is 8.34. The molecule has 1 fully saturated rings. The minimum Gasteiger partial charge on any atom is -0.341 e. The van der Waals surface area contributed by atoms with Crippen molar-refractivity contribution in [2.24, 2.45) is 5.92 Å². The summed E-state index contributed by atoms with van der Waals surface area (Å²) in [6.07, 6.45) is 4.77. The molecule has 0 radical (unpaired) electrons. The van der Waals surface area contributed by atoms with E-state index in [2.05, 4.69) is 10.1 Å². The molecular weight excluding hydrogens is 304 g/mol. The van der Waals surface area contributed by atoms with E-state index in [9.17, 15) is 9.59 Å². The summed E-state index contributed by atoms with van der Waals surface area (Å²) in [4.78, 5) is 30.6. The average Bonchev–Trinajstić information content (AvgIpc) is 2.59. The highest BCUT2D eigenvalue weighted by atomic mass is 16.2. The van der Waals surface area contributed by atoms with Crippen LogP contribution in [-0.4, -0.2) is 38.7 Å². The number of carbonyl (C=O) groups is 1. The molecule has 0 aliphatic carbocycles. The summed E-state index contributed by atoms with van der Waals surface area (Å²) in [7, 11) is 0. The molecule has 0 unspecified atom stereocenters. The van der Waals surface area contributed by atoms with Gasteiger partial charge in [0, 0.05) is 31.0 Å². The van der Waals surface area contributed by atoms with E-state index < -0.39 is 0 Å². The summed E-state index contributed by atoms with van der Waals surface area (Å²) < 4.78 is 1.25. The Morgan fingerprint density at radius 2 is 2.17 bits per heavy atom. The Labute approximate surface area is 141 Å². The first-order chi connectivity index (χ1) is 11.6. The van der Waals surface area contributed by atoms with Gasteiger partial charge in [-0.05, 0) is 50.3 Å². The van der Waals surface area contributed by atoms with Crippen molar-refractivity contribution < 1.29 is 4.79 Å². The first kappa shape index (κ1) is 16.4. The fourth-order valence-electron chi connectivity index (χ4n) is 3.17. The molecule has 2 aromatic rings. The fraction of sp³-hybridized carbons (Fsp3) is 0.444. The van der Waals surface area contributed by atoms with Gasteiger partial charge in [-0.3, -0.25) is 14.6 Å². The molecule has 1 saturated heterocycles. The van der Waals surface area contributed by atoms with Gasteiger partial charge in [-0.15, -0.1) is 0 Å². The van der Waals surface area contributed by atoms with Gasteiger partial charge in [-0.1, -0.05) is 6.07 Å². The van der Waals surface area contributed by atoms with E-state index in [0.29, 0.717) is 5.92 Å². The number of nitrogens with zero attached hydrogens (tertiary/aromatic N) is 4. The van der Waals surface area contributed by atoms with Gasteiger partial charge in [0.2, 0.25) is 5.91 Å². The zero-order valence-corrected chi connectivity index (χ0v) is 13.9. The third-order valence-electron chi connectivity index (χ3n) is 4.38. The lowest BCUT2D eigenvalue weighted by atomic mass is 9.93. The lowest BCUT2D eigenvalue weighted by Crippen LogP contribution is -2.43. The van der Waals surface area contributed by atoms with Crippen molar-refractivity contribution in [2.45, 2.75) is 32.7 Å². The molecule has 3 rings (SSSR count). The first-order valence-electron chi connectivity index (χ1n) is 8.34. The molecular formula is C18H22N4O2.